The number of benzene rings is 1. The summed E-state index contributed by atoms with van der Waals surface area (Å²) in [4.78, 5) is 0. The largest absolute Gasteiger partial charge is 0.399 e. The third-order valence-corrected chi connectivity index (χ3v) is 1.92. The lowest BCUT2D eigenvalue weighted by Crippen LogP contribution is -1.97. The van der Waals surface area contributed by atoms with E-state index in [1.54, 1.807) is 24.3 Å². The number of nitrogen functional groups attached to an aromatic ring is 1. The average Bonchev–Trinajstić information content (AvgIpc) is 2.68. The molecule has 15 heavy (non-hydrogen) atoms. The van der Waals surface area contributed by atoms with Crippen molar-refractivity contribution in [3.63, 3.8) is 0 Å². The SMILES string of the molecule is Nc1ccc(-c2cn(C(F)F)nn2)cc1. The normalized spacial score (nSPS) is 10.9. The summed E-state index contributed by atoms with van der Waals surface area (Å²) in [7, 11) is 0. The van der Waals surface area contributed by atoms with Crippen LogP contribution in [-0.4, -0.2) is 15.0 Å². The lowest BCUT2D eigenvalue weighted by Gasteiger charge is -1.96. The lowest BCUT2D eigenvalue weighted by molar-refractivity contribution is 0.0546. The molecule has 78 valence electrons. The van der Waals surface area contributed by atoms with E-state index in [0.29, 0.717) is 21.6 Å². The van der Waals surface area contributed by atoms with Crippen molar-refractivity contribution in [3.05, 3.63) is 30.5 Å². The topological polar surface area (TPSA) is 56.7 Å². The second-order valence-corrected chi connectivity index (χ2v) is 2.98. The van der Waals surface area contributed by atoms with E-state index in [1.165, 1.54) is 6.20 Å². The number of hydrogen-bond acceptors (Lipinski definition) is 3. The summed E-state index contributed by atoms with van der Waals surface area (Å²) >= 11 is 0. The van der Waals surface area contributed by atoms with Crippen LogP contribution < -0.4 is 5.73 Å². The maximum atomic E-state index is 12.2. The zero-order valence-corrected chi connectivity index (χ0v) is 7.64. The molecule has 0 saturated heterocycles. The molecule has 0 aliphatic carbocycles. The Morgan fingerprint density at radius 1 is 1.20 bits per heavy atom. The molecule has 0 fully saturated rings. The van der Waals surface area contributed by atoms with E-state index in [2.05, 4.69) is 10.3 Å². The Bertz CT molecular complexity index is 449. The van der Waals surface area contributed by atoms with Crippen LogP contribution >= 0.6 is 0 Å². The zero-order chi connectivity index (χ0) is 10.8. The van der Waals surface area contributed by atoms with E-state index in [0.717, 1.165) is 0 Å². The Morgan fingerprint density at radius 3 is 2.40 bits per heavy atom. The molecule has 1 aromatic carbocycles. The molecule has 0 spiro atoms. The maximum Gasteiger partial charge on any atom is 0.334 e. The fourth-order valence-corrected chi connectivity index (χ4v) is 1.16. The van der Waals surface area contributed by atoms with Crippen LogP contribution in [-0.2, 0) is 0 Å². The summed E-state index contributed by atoms with van der Waals surface area (Å²) in [5, 5.41) is 6.93. The maximum absolute atomic E-state index is 12.2. The summed E-state index contributed by atoms with van der Waals surface area (Å²) in [5.41, 5.74) is 7.21. The number of halogens is 2. The summed E-state index contributed by atoms with van der Waals surface area (Å²) < 4.78 is 24.9. The van der Waals surface area contributed by atoms with Crippen LogP contribution in [0, 0.1) is 0 Å². The Morgan fingerprint density at radius 2 is 1.87 bits per heavy atom. The summed E-state index contributed by atoms with van der Waals surface area (Å²) in [6.45, 7) is -2.67. The molecule has 4 nitrogen and oxygen atoms in total. The molecular formula is C9H8F2N4. The van der Waals surface area contributed by atoms with Gasteiger partial charge in [-0.05, 0) is 12.1 Å². The van der Waals surface area contributed by atoms with Crippen molar-refractivity contribution >= 4 is 5.69 Å². The zero-order valence-electron chi connectivity index (χ0n) is 7.64. The quantitative estimate of drug-likeness (QED) is 0.770. The standard InChI is InChI=1S/C9H8F2N4/c10-9(11)15-5-8(13-14-15)6-1-3-7(12)4-2-6/h1-5,9H,12H2. The van der Waals surface area contributed by atoms with Gasteiger partial charge in [-0.3, -0.25) is 0 Å². The highest BCUT2D eigenvalue weighted by atomic mass is 19.3. The second kappa shape index (κ2) is 3.64. The van der Waals surface area contributed by atoms with Crippen LogP contribution in [0.4, 0.5) is 14.5 Å². The van der Waals surface area contributed by atoms with Crippen LogP contribution in [0.15, 0.2) is 30.5 Å². The lowest BCUT2D eigenvalue weighted by atomic mass is 10.1. The van der Waals surface area contributed by atoms with E-state index in [4.69, 9.17) is 5.73 Å². The van der Waals surface area contributed by atoms with Crippen LogP contribution in [0.5, 0.6) is 0 Å². The van der Waals surface area contributed by atoms with Gasteiger partial charge in [0.1, 0.15) is 5.69 Å². The first-order valence-electron chi connectivity index (χ1n) is 4.23. The smallest absolute Gasteiger partial charge is 0.334 e. The van der Waals surface area contributed by atoms with Crippen molar-refractivity contribution in [2.24, 2.45) is 0 Å². The Balaban J connectivity index is 2.33. The molecule has 6 heteroatoms. The van der Waals surface area contributed by atoms with Gasteiger partial charge in [-0.15, -0.1) is 5.10 Å². The van der Waals surface area contributed by atoms with E-state index in [9.17, 15) is 8.78 Å². The van der Waals surface area contributed by atoms with Gasteiger partial charge in [0.15, 0.2) is 0 Å². The number of alkyl halides is 2. The van der Waals surface area contributed by atoms with E-state index >= 15 is 0 Å². The molecule has 1 aromatic heterocycles. The van der Waals surface area contributed by atoms with Crippen LogP contribution in [0.3, 0.4) is 0 Å². The van der Waals surface area contributed by atoms with Gasteiger partial charge in [-0.2, -0.15) is 13.5 Å². The van der Waals surface area contributed by atoms with Gasteiger partial charge in [0.05, 0.1) is 6.20 Å². The fraction of sp³-hybridized carbons (Fsp3) is 0.111. The van der Waals surface area contributed by atoms with Crippen LogP contribution in [0.1, 0.15) is 6.55 Å². The Kier molecular flexibility index (Phi) is 2.32. The molecule has 0 radical (unpaired) electrons. The second-order valence-electron chi connectivity index (χ2n) is 2.98. The molecule has 2 rings (SSSR count). The number of anilines is 1. The summed E-state index contributed by atoms with van der Waals surface area (Å²) in [6.07, 6.45) is 1.19. The molecule has 0 aliphatic rings. The number of hydrogen-bond donors (Lipinski definition) is 1. The summed E-state index contributed by atoms with van der Waals surface area (Å²) in [6, 6.07) is 6.76. The number of rotatable bonds is 2. The van der Waals surface area contributed by atoms with Gasteiger partial charge in [-0.1, -0.05) is 17.3 Å². The van der Waals surface area contributed by atoms with Crippen molar-refractivity contribution in [1.29, 1.82) is 0 Å². The van der Waals surface area contributed by atoms with Crippen molar-refractivity contribution in [3.8, 4) is 11.3 Å². The van der Waals surface area contributed by atoms with Crippen molar-refractivity contribution in [1.82, 2.24) is 15.0 Å². The van der Waals surface area contributed by atoms with Gasteiger partial charge in [-0.25, -0.2) is 0 Å². The molecule has 0 atom stereocenters. The predicted octanol–water partition coefficient (Wildman–Crippen LogP) is 1.92. The third kappa shape index (κ3) is 1.93. The van der Waals surface area contributed by atoms with Gasteiger partial charge in [0.25, 0.3) is 0 Å². The highest BCUT2D eigenvalue weighted by Crippen LogP contribution is 2.19. The number of nitrogens with two attached hydrogens (primary N) is 1. The van der Waals surface area contributed by atoms with Gasteiger partial charge in [0.2, 0.25) is 0 Å². The van der Waals surface area contributed by atoms with Crippen LogP contribution in [0.2, 0.25) is 0 Å². The molecule has 2 aromatic rings. The molecule has 1 heterocycles. The molecular weight excluding hydrogens is 202 g/mol. The summed E-state index contributed by atoms with van der Waals surface area (Å²) in [5.74, 6) is 0. The Labute approximate surface area is 84.3 Å². The first-order chi connectivity index (χ1) is 7.16. The Hall–Kier alpha value is -1.98. The molecule has 0 unspecified atom stereocenters. The van der Waals surface area contributed by atoms with Gasteiger partial charge < -0.3 is 5.73 Å². The van der Waals surface area contributed by atoms with E-state index in [-0.39, 0.29) is 0 Å². The molecule has 2 N–H and O–H groups in total. The minimum atomic E-state index is -2.67. The average molecular weight is 210 g/mol. The van der Waals surface area contributed by atoms with Crippen LogP contribution in [0.25, 0.3) is 11.3 Å². The monoisotopic (exact) mass is 210 g/mol. The molecule has 0 bridgehead atoms. The van der Waals surface area contributed by atoms with E-state index in [1.807, 2.05) is 0 Å². The minimum absolute atomic E-state index is 0.398. The van der Waals surface area contributed by atoms with Crippen molar-refractivity contribution in [2.45, 2.75) is 6.55 Å². The number of nitrogens with zero attached hydrogens (tertiary/aromatic N) is 3. The molecule has 0 saturated carbocycles. The molecule has 0 aliphatic heterocycles. The number of aromatic nitrogens is 3. The molecule has 0 amide bonds. The van der Waals surface area contributed by atoms with Gasteiger partial charge >= 0.3 is 6.55 Å². The van der Waals surface area contributed by atoms with Crippen molar-refractivity contribution < 1.29 is 8.78 Å². The third-order valence-electron chi connectivity index (χ3n) is 1.92. The predicted molar refractivity (Wildman–Crippen MR) is 51.1 cm³/mol. The van der Waals surface area contributed by atoms with Crippen molar-refractivity contribution in [2.75, 3.05) is 5.73 Å². The first-order valence-corrected chi connectivity index (χ1v) is 4.23. The fourth-order valence-electron chi connectivity index (χ4n) is 1.16. The first kappa shape index (κ1) is 9.57. The highest BCUT2D eigenvalue weighted by Gasteiger charge is 2.09. The minimum Gasteiger partial charge on any atom is -0.399 e. The van der Waals surface area contributed by atoms with Gasteiger partial charge in [0, 0.05) is 11.3 Å². The highest BCUT2D eigenvalue weighted by molar-refractivity contribution is 5.60. The van der Waals surface area contributed by atoms with E-state index < -0.39 is 6.55 Å².